The van der Waals surface area contributed by atoms with Gasteiger partial charge in [0.2, 0.25) is 5.91 Å². The minimum absolute atomic E-state index is 0.0107. The summed E-state index contributed by atoms with van der Waals surface area (Å²) in [6.07, 6.45) is 3.10. The van der Waals surface area contributed by atoms with E-state index in [9.17, 15) is 9.18 Å². The lowest BCUT2D eigenvalue weighted by molar-refractivity contribution is -0.121. The molecule has 29 heavy (non-hydrogen) atoms. The largest absolute Gasteiger partial charge is 0.379 e. The van der Waals surface area contributed by atoms with Gasteiger partial charge in [0.15, 0.2) is 0 Å². The molecule has 4 rings (SSSR count). The van der Waals surface area contributed by atoms with E-state index in [0.717, 1.165) is 35.1 Å². The minimum Gasteiger partial charge on any atom is -0.379 e. The molecule has 1 saturated heterocycles. The second kappa shape index (κ2) is 9.20. The van der Waals surface area contributed by atoms with Crippen molar-refractivity contribution in [2.45, 2.75) is 18.9 Å². The van der Waals surface area contributed by atoms with E-state index in [0.29, 0.717) is 32.6 Å². The van der Waals surface area contributed by atoms with Crippen molar-refractivity contribution in [3.63, 3.8) is 0 Å². The SMILES string of the molecule is O=C(CCc1c[nH]c2ccccc12)NCC(c1ccc(F)cc1)N1CCOCC1. The number of aromatic nitrogens is 1. The van der Waals surface area contributed by atoms with Gasteiger partial charge in [0.25, 0.3) is 0 Å². The number of benzene rings is 2. The molecule has 1 atom stereocenters. The van der Waals surface area contributed by atoms with Gasteiger partial charge in [-0.3, -0.25) is 9.69 Å². The standard InChI is InChI=1S/C23H26FN3O2/c24-19-8-5-17(6-9-19)22(27-11-13-29-14-12-27)16-26-23(28)10-7-18-15-25-21-4-2-1-3-20(18)21/h1-6,8-9,15,22,25H,7,10-14,16H2,(H,26,28). The summed E-state index contributed by atoms with van der Waals surface area (Å²) >= 11 is 0. The number of nitrogens with zero attached hydrogens (tertiary/aromatic N) is 1. The highest BCUT2D eigenvalue weighted by Gasteiger charge is 2.23. The van der Waals surface area contributed by atoms with Crippen LogP contribution in [0.25, 0.3) is 10.9 Å². The van der Waals surface area contributed by atoms with Gasteiger partial charge in [0.05, 0.1) is 19.3 Å². The zero-order valence-electron chi connectivity index (χ0n) is 16.4. The number of carbonyl (C=O) groups excluding carboxylic acids is 1. The average molecular weight is 395 g/mol. The van der Waals surface area contributed by atoms with Crippen molar-refractivity contribution in [3.8, 4) is 0 Å². The van der Waals surface area contributed by atoms with Crippen molar-refractivity contribution < 1.29 is 13.9 Å². The van der Waals surface area contributed by atoms with E-state index in [1.54, 1.807) is 12.1 Å². The van der Waals surface area contributed by atoms with Gasteiger partial charge in [0, 0.05) is 43.2 Å². The maximum Gasteiger partial charge on any atom is 0.220 e. The summed E-state index contributed by atoms with van der Waals surface area (Å²) in [4.78, 5) is 18.1. The van der Waals surface area contributed by atoms with Crippen molar-refractivity contribution in [1.29, 1.82) is 0 Å². The van der Waals surface area contributed by atoms with E-state index in [1.165, 1.54) is 12.1 Å². The molecule has 0 aliphatic carbocycles. The number of ether oxygens (including phenoxy) is 1. The van der Waals surface area contributed by atoms with Crippen molar-refractivity contribution in [2.24, 2.45) is 0 Å². The summed E-state index contributed by atoms with van der Waals surface area (Å²) < 4.78 is 18.8. The van der Waals surface area contributed by atoms with Crippen LogP contribution in [0.4, 0.5) is 4.39 Å². The molecule has 152 valence electrons. The quantitative estimate of drug-likeness (QED) is 0.644. The van der Waals surface area contributed by atoms with Gasteiger partial charge in [0.1, 0.15) is 5.82 Å². The Morgan fingerprint density at radius 1 is 1.14 bits per heavy atom. The fourth-order valence-electron chi connectivity index (χ4n) is 3.92. The molecule has 0 bridgehead atoms. The molecule has 6 heteroatoms. The van der Waals surface area contributed by atoms with Crippen LogP contribution < -0.4 is 5.32 Å². The van der Waals surface area contributed by atoms with Crippen molar-refractivity contribution in [1.82, 2.24) is 15.2 Å². The molecular formula is C23H26FN3O2. The molecule has 1 fully saturated rings. The summed E-state index contributed by atoms with van der Waals surface area (Å²) in [5, 5.41) is 4.24. The third-order valence-corrected chi connectivity index (χ3v) is 5.53. The van der Waals surface area contributed by atoms with Crippen LogP contribution in [0, 0.1) is 5.82 Å². The molecule has 2 aromatic carbocycles. The number of rotatable bonds is 7. The molecule has 5 nitrogen and oxygen atoms in total. The first-order chi connectivity index (χ1) is 14.2. The number of halogens is 1. The Kier molecular flexibility index (Phi) is 6.22. The van der Waals surface area contributed by atoms with E-state index in [2.05, 4.69) is 21.3 Å². The Bertz CT molecular complexity index is 948. The number of hydrogen-bond donors (Lipinski definition) is 2. The highest BCUT2D eigenvalue weighted by atomic mass is 19.1. The number of hydrogen-bond acceptors (Lipinski definition) is 3. The zero-order chi connectivity index (χ0) is 20.1. The maximum atomic E-state index is 13.3. The van der Waals surface area contributed by atoms with Gasteiger partial charge >= 0.3 is 0 Å². The minimum atomic E-state index is -0.253. The summed E-state index contributed by atoms with van der Waals surface area (Å²) in [5.74, 6) is -0.229. The summed E-state index contributed by atoms with van der Waals surface area (Å²) in [7, 11) is 0. The van der Waals surface area contributed by atoms with E-state index in [4.69, 9.17) is 4.74 Å². The molecule has 2 N–H and O–H groups in total. The normalized spacial score (nSPS) is 16.0. The fraction of sp³-hybridized carbons (Fsp3) is 0.348. The number of fused-ring (bicyclic) bond motifs is 1. The molecule has 1 aliphatic heterocycles. The Morgan fingerprint density at radius 3 is 2.69 bits per heavy atom. The monoisotopic (exact) mass is 395 g/mol. The van der Waals surface area contributed by atoms with Crippen LogP contribution in [0.15, 0.2) is 54.7 Å². The molecule has 1 aromatic heterocycles. The Balaban J connectivity index is 1.37. The summed E-state index contributed by atoms with van der Waals surface area (Å²) in [6, 6.07) is 14.7. The predicted molar refractivity (Wildman–Crippen MR) is 111 cm³/mol. The highest BCUT2D eigenvalue weighted by Crippen LogP contribution is 2.22. The predicted octanol–water partition coefficient (Wildman–Crippen LogP) is 3.43. The number of H-pyrrole nitrogens is 1. The van der Waals surface area contributed by atoms with Crippen molar-refractivity contribution >= 4 is 16.8 Å². The van der Waals surface area contributed by atoms with Crippen LogP contribution in [-0.4, -0.2) is 48.6 Å². The molecule has 1 aliphatic rings. The third kappa shape index (κ3) is 4.83. The van der Waals surface area contributed by atoms with Crippen molar-refractivity contribution in [3.05, 3.63) is 71.7 Å². The lowest BCUT2D eigenvalue weighted by atomic mass is 10.0. The Hall–Kier alpha value is -2.70. The fourth-order valence-corrected chi connectivity index (χ4v) is 3.92. The molecule has 0 spiro atoms. The van der Waals surface area contributed by atoms with Gasteiger partial charge < -0.3 is 15.0 Å². The highest BCUT2D eigenvalue weighted by molar-refractivity contribution is 5.84. The molecule has 1 unspecified atom stereocenters. The van der Waals surface area contributed by atoms with Gasteiger partial charge in [-0.15, -0.1) is 0 Å². The smallest absolute Gasteiger partial charge is 0.220 e. The summed E-state index contributed by atoms with van der Waals surface area (Å²) in [5.41, 5.74) is 3.25. The molecular weight excluding hydrogens is 369 g/mol. The number of amides is 1. The van der Waals surface area contributed by atoms with Gasteiger partial charge in [-0.25, -0.2) is 4.39 Å². The molecule has 2 heterocycles. The number of carbonyl (C=O) groups is 1. The first kappa shape index (κ1) is 19.6. The first-order valence-corrected chi connectivity index (χ1v) is 10.1. The van der Waals surface area contributed by atoms with Crippen LogP contribution in [-0.2, 0) is 16.0 Å². The van der Waals surface area contributed by atoms with Gasteiger partial charge in [-0.05, 0) is 35.7 Å². The van der Waals surface area contributed by atoms with E-state index < -0.39 is 0 Å². The number of morpholine rings is 1. The topological polar surface area (TPSA) is 57.4 Å². The van der Waals surface area contributed by atoms with E-state index >= 15 is 0 Å². The Morgan fingerprint density at radius 2 is 1.90 bits per heavy atom. The van der Waals surface area contributed by atoms with Crippen LogP contribution >= 0.6 is 0 Å². The molecule has 1 amide bonds. The third-order valence-electron chi connectivity index (χ3n) is 5.53. The van der Waals surface area contributed by atoms with Crippen LogP contribution in [0.1, 0.15) is 23.6 Å². The van der Waals surface area contributed by atoms with Gasteiger partial charge in [-0.1, -0.05) is 30.3 Å². The lowest BCUT2D eigenvalue weighted by Crippen LogP contribution is -2.43. The number of nitrogens with one attached hydrogen (secondary N) is 2. The number of aromatic amines is 1. The molecule has 3 aromatic rings. The zero-order valence-corrected chi connectivity index (χ0v) is 16.4. The van der Waals surface area contributed by atoms with Crippen LogP contribution in [0.5, 0.6) is 0 Å². The lowest BCUT2D eigenvalue weighted by Gasteiger charge is -2.35. The number of para-hydroxylation sites is 1. The van der Waals surface area contributed by atoms with Gasteiger partial charge in [-0.2, -0.15) is 0 Å². The van der Waals surface area contributed by atoms with E-state index in [-0.39, 0.29) is 17.8 Å². The number of aryl methyl sites for hydroxylation is 1. The summed E-state index contributed by atoms with van der Waals surface area (Å²) in [6.45, 7) is 3.44. The van der Waals surface area contributed by atoms with Crippen LogP contribution in [0.3, 0.4) is 0 Å². The van der Waals surface area contributed by atoms with Crippen LogP contribution in [0.2, 0.25) is 0 Å². The van der Waals surface area contributed by atoms with E-state index in [1.807, 2.05) is 24.4 Å². The molecule has 0 radical (unpaired) electrons. The molecule has 0 saturated carbocycles. The maximum absolute atomic E-state index is 13.3. The average Bonchev–Trinajstić information content (AvgIpc) is 3.17. The second-order valence-electron chi connectivity index (χ2n) is 7.38. The van der Waals surface area contributed by atoms with Crippen molar-refractivity contribution in [2.75, 3.05) is 32.8 Å². The second-order valence-corrected chi connectivity index (χ2v) is 7.38. The first-order valence-electron chi connectivity index (χ1n) is 10.1. The Labute approximate surface area is 169 Å².